The molecule has 6 nitrogen and oxygen atoms in total. The SMILES string of the molecule is Cc1ccccc1N1C(=O)C2ON(c3ccccc3)C(c3ccc(N(C)C)cc3)C2C1=O. The molecule has 2 heterocycles. The van der Waals surface area contributed by atoms with E-state index in [4.69, 9.17) is 4.84 Å². The maximum absolute atomic E-state index is 13.7. The maximum atomic E-state index is 13.7. The van der Waals surface area contributed by atoms with Gasteiger partial charge in [-0.1, -0.05) is 48.5 Å². The minimum absolute atomic E-state index is 0.227. The van der Waals surface area contributed by atoms with Crippen LogP contribution in [0.5, 0.6) is 0 Å². The Labute approximate surface area is 187 Å². The number of carbonyl (C=O) groups is 2. The van der Waals surface area contributed by atoms with Crippen LogP contribution in [0.3, 0.4) is 0 Å². The first-order valence-corrected chi connectivity index (χ1v) is 10.7. The predicted octanol–water partition coefficient (Wildman–Crippen LogP) is 4.11. The molecule has 0 aromatic heterocycles. The summed E-state index contributed by atoms with van der Waals surface area (Å²) in [5.74, 6) is -1.18. The van der Waals surface area contributed by atoms with Crippen molar-refractivity contribution in [1.82, 2.24) is 0 Å². The second kappa shape index (κ2) is 7.80. The summed E-state index contributed by atoms with van der Waals surface area (Å²) in [6, 6.07) is 24.7. The highest BCUT2D eigenvalue weighted by molar-refractivity contribution is 6.24. The number of carbonyl (C=O) groups excluding carboxylic acids is 2. The van der Waals surface area contributed by atoms with Gasteiger partial charge in [0, 0.05) is 19.8 Å². The Morgan fingerprint density at radius 3 is 2.12 bits per heavy atom. The molecule has 162 valence electrons. The number of hydrogen-bond donors (Lipinski definition) is 0. The van der Waals surface area contributed by atoms with E-state index in [9.17, 15) is 9.59 Å². The first-order chi connectivity index (χ1) is 15.5. The fraction of sp³-hybridized carbons (Fsp3) is 0.231. The number of para-hydroxylation sites is 2. The van der Waals surface area contributed by atoms with Gasteiger partial charge >= 0.3 is 0 Å². The highest BCUT2D eigenvalue weighted by Gasteiger charge is 2.60. The fourth-order valence-corrected chi connectivity index (χ4v) is 4.57. The van der Waals surface area contributed by atoms with E-state index in [-0.39, 0.29) is 11.8 Å². The molecule has 3 atom stereocenters. The number of imide groups is 1. The molecule has 2 aliphatic rings. The number of hydrogen-bond acceptors (Lipinski definition) is 5. The zero-order valence-corrected chi connectivity index (χ0v) is 18.3. The molecule has 0 spiro atoms. The zero-order chi connectivity index (χ0) is 22.4. The highest BCUT2D eigenvalue weighted by atomic mass is 16.7. The largest absolute Gasteiger partial charge is 0.378 e. The van der Waals surface area contributed by atoms with Crippen molar-refractivity contribution in [2.45, 2.75) is 19.1 Å². The van der Waals surface area contributed by atoms with Crippen molar-refractivity contribution >= 4 is 28.9 Å². The average Bonchev–Trinajstić information content (AvgIpc) is 3.31. The van der Waals surface area contributed by atoms with Crippen LogP contribution in [0.2, 0.25) is 0 Å². The van der Waals surface area contributed by atoms with E-state index in [0.29, 0.717) is 5.69 Å². The van der Waals surface area contributed by atoms with Crippen molar-refractivity contribution in [3.8, 4) is 0 Å². The Hall–Kier alpha value is -3.64. The molecule has 3 aromatic carbocycles. The van der Waals surface area contributed by atoms with Crippen molar-refractivity contribution in [2.24, 2.45) is 5.92 Å². The van der Waals surface area contributed by atoms with E-state index in [0.717, 1.165) is 22.5 Å². The molecule has 0 radical (unpaired) electrons. The number of amides is 2. The number of anilines is 3. The topological polar surface area (TPSA) is 53.1 Å². The van der Waals surface area contributed by atoms with Gasteiger partial charge in [-0.15, -0.1) is 0 Å². The van der Waals surface area contributed by atoms with Crippen molar-refractivity contribution in [3.63, 3.8) is 0 Å². The first kappa shape index (κ1) is 20.3. The Morgan fingerprint density at radius 1 is 0.812 bits per heavy atom. The Bertz CT molecular complexity index is 1160. The molecule has 6 heteroatoms. The van der Waals surface area contributed by atoms with Gasteiger partial charge < -0.3 is 4.90 Å². The second-order valence-electron chi connectivity index (χ2n) is 8.44. The third kappa shape index (κ3) is 3.15. The smallest absolute Gasteiger partial charge is 0.266 e. The fourth-order valence-electron chi connectivity index (χ4n) is 4.57. The average molecular weight is 428 g/mol. The van der Waals surface area contributed by atoms with Gasteiger partial charge in [0.15, 0.2) is 6.10 Å². The molecule has 0 aliphatic carbocycles. The van der Waals surface area contributed by atoms with Crippen molar-refractivity contribution < 1.29 is 14.4 Å². The molecule has 2 aliphatic heterocycles. The summed E-state index contributed by atoms with van der Waals surface area (Å²) in [5.41, 5.74) is 4.30. The predicted molar refractivity (Wildman–Crippen MR) is 124 cm³/mol. The van der Waals surface area contributed by atoms with Crippen LogP contribution in [0, 0.1) is 12.8 Å². The van der Waals surface area contributed by atoms with Crippen LogP contribution >= 0.6 is 0 Å². The molecule has 0 saturated carbocycles. The van der Waals surface area contributed by atoms with Gasteiger partial charge in [0.05, 0.1) is 17.4 Å². The Morgan fingerprint density at radius 2 is 1.47 bits per heavy atom. The molecule has 2 amide bonds. The van der Waals surface area contributed by atoms with Crippen LogP contribution in [-0.4, -0.2) is 32.0 Å². The highest BCUT2D eigenvalue weighted by Crippen LogP contribution is 2.48. The van der Waals surface area contributed by atoms with E-state index >= 15 is 0 Å². The Balaban J connectivity index is 1.58. The van der Waals surface area contributed by atoms with E-state index in [1.165, 1.54) is 4.90 Å². The standard InChI is InChI=1S/C26H25N3O3/c1-17-9-7-8-12-21(17)28-25(30)22-23(18-13-15-19(16-14-18)27(2)3)29(32-24(22)26(28)31)20-10-5-4-6-11-20/h4-16,22-24H,1-3H3. The number of hydroxylamine groups is 1. The molecular formula is C26H25N3O3. The molecule has 3 aromatic rings. The number of fused-ring (bicyclic) bond motifs is 1. The van der Waals surface area contributed by atoms with E-state index in [1.807, 2.05) is 105 Å². The van der Waals surface area contributed by atoms with Crippen LogP contribution < -0.4 is 14.9 Å². The summed E-state index contributed by atoms with van der Waals surface area (Å²) in [7, 11) is 3.97. The molecular weight excluding hydrogens is 402 g/mol. The molecule has 0 N–H and O–H groups in total. The summed E-state index contributed by atoms with van der Waals surface area (Å²) in [6.45, 7) is 1.90. The monoisotopic (exact) mass is 427 g/mol. The van der Waals surface area contributed by atoms with Gasteiger partial charge in [-0.05, 0) is 48.4 Å². The van der Waals surface area contributed by atoms with Crippen LogP contribution in [0.1, 0.15) is 17.2 Å². The molecule has 2 fully saturated rings. The molecule has 5 rings (SSSR count). The lowest BCUT2D eigenvalue weighted by atomic mass is 9.90. The normalized spacial score (nSPS) is 22.4. The third-order valence-corrected chi connectivity index (χ3v) is 6.23. The van der Waals surface area contributed by atoms with E-state index in [2.05, 4.69) is 0 Å². The van der Waals surface area contributed by atoms with Crippen LogP contribution in [0.4, 0.5) is 17.1 Å². The molecule has 0 bridgehead atoms. The Kier molecular flexibility index (Phi) is 4.94. The van der Waals surface area contributed by atoms with Crippen molar-refractivity contribution in [3.05, 3.63) is 90.0 Å². The second-order valence-corrected chi connectivity index (χ2v) is 8.44. The summed E-state index contributed by atoms with van der Waals surface area (Å²) in [5, 5.41) is 1.73. The number of nitrogens with zero attached hydrogens (tertiary/aromatic N) is 3. The minimum atomic E-state index is -0.860. The lowest BCUT2D eigenvalue weighted by molar-refractivity contribution is -0.126. The minimum Gasteiger partial charge on any atom is -0.378 e. The number of benzene rings is 3. The van der Waals surface area contributed by atoms with Crippen LogP contribution in [0.15, 0.2) is 78.9 Å². The summed E-state index contributed by atoms with van der Waals surface area (Å²) in [6.07, 6.45) is -0.860. The van der Waals surface area contributed by atoms with Crippen LogP contribution in [-0.2, 0) is 14.4 Å². The third-order valence-electron chi connectivity index (χ3n) is 6.23. The maximum Gasteiger partial charge on any atom is 0.266 e. The summed E-state index contributed by atoms with van der Waals surface area (Å²) < 4.78 is 0. The quantitative estimate of drug-likeness (QED) is 0.587. The van der Waals surface area contributed by atoms with E-state index in [1.54, 1.807) is 5.06 Å². The van der Waals surface area contributed by atoms with Gasteiger partial charge in [0.2, 0.25) is 5.91 Å². The lowest BCUT2D eigenvalue weighted by Crippen LogP contribution is -2.37. The number of rotatable bonds is 4. The van der Waals surface area contributed by atoms with E-state index < -0.39 is 18.1 Å². The van der Waals surface area contributed by atoms with Crippen molar-refractivity contribution in [1.29, 1.82) is 0 Å². The van der Waals surface area contributed by atoms with Crippen LogP contribution in [0.25, 0.3) is 0 Å². The summed E-state index contributed by atoms with van der Waals surface area (Å²) in [4.78, 5) is 36.6. The zero-order valence-electron chi connectivity index (χ0n) is 18.3. The van der Waals surface area contributed by atoms with Crippen molar-refractivity contribution in [2.75, 3.05) is 29.0 Å². The van der Waals surface area contributed by atoms with Gasteiger partial charge in [0.1, 0.15) is 5.92 Å². The summed E-state index contributed by atoms with van der Waals surface area (Å²) >= 11 is 0. The van der Waals surface area contributed by atoms with Gasteiger partial charge in [-0.3, -0.25) is 14.4 Å². The molecule has 3 unspecified atom stereocenters. The molecule has 32 heavy (non-hydrogen) atoms. The van der Waals surface area contributed by atoms with Gasteiger partial charge in [0.25, 0.3) is 5.91 Å². The molecule has 2 saturated heterocycles. The lowest BCUT2D eigenvalue weighted by Gasteiger charge is -2.29. The van der Waals surface area contributed by atoms with Gasteiger partial charge in [-0.2, -0.15) is 0 Å². The first-order valence-electron chi connectivity index (χ1n) is 10.7. The number of aryl methyl sites for hydroxylation is 1. The van der Waals surface area contributed by atoms with Gasteiger partial charge in [-0.25, -0.2) is 9.96 Å².